The molecular formula is C14H24N2O9P2S. The zero-order valence-corrected chi connectivity index (χ0v) is 18.1. The van der Waals surface area contributed by atoms with Gasteiger partial charge >= 0.3 is 13.3 Å². The van der Waals surface area contributed by atoms with Gasteiger partial charge in [-0.05, 0) is 18.2 Å². The summed E-state index contributed by atoms with van der Waals surface area (Å²) in [7, 11) is -2.98. The Morgan fingerprint density at radius 1 is 1.32 bits per heavy atom. The second-order valence-electron chi connectivity index (χ2n) is 6.69. The van der Waals surface area contributed by atoms with Gasteiger partial charge in [-0.25, -0.2) is 4.79 Å². The number of aromatic nitrogens is 2. The van der Waals surface area contributed by atoms with Crippen molar-refractivity contribution in [1.82, 2.24) is 9.55 Å². The van der Waals surface area contributed by atoms with E-state index in [1.165, 1.54) is 13.3 Å². The van der Waals surface area contributed by atoms with Crippen molar-refractivity contribution >= 4 is 25.9 Å². The summed E-state index contributed by atoms with van der Waals surface area (Å²) < 4.78 is 29.4. The molecule has 5 atom stereocenters. The SMILES string of the molecule is COC1[C@@H](OP(O)(=S)C(C)C)[C@@H](CCP(=O)(O)O)O[C@H]1n1ccc(=O)[nH]c1=O. The molecule has 0 radical (unpaired) electrons. The van der Waals surface area contributed by atoms with Crippen molar-refractivity contribution in [2.45, 2.75) is 50.5 Å². The van der Waals surface area contributed by atoms with Crippen molar-refractivity contribution in [3.05, 3.63) is 33.1 Å². The first-order chi connectivity index (χ1) is 12.9. The van der Waals surface area contributed by atoms with Crippen molar-refractivity contribution in [1.29, 1.82) is 0 Å². The Bertz CT molecular complexity index is 895. The summed E-state index contributed by atoms with van der Waals surface area (Å²) in [5.41, 5.74) is -1.72. The molecule has 0 saturated carbocycles. The van der Waals surface area contributed by atoms with Crippen LogP contribution in [0.5, 0.6) is 0 Å². The summed E-state index contributed by atoms with van der Waals surface area (Å²) >= 11 is 5.18. The van der Waals surface area contributed by atoms with E-state index in [2.05, 4.69) is 4.98 Å². The van der Waals surface area contributed by atoms with E-state index in [0.29, 0.717) is 0 Å². The van der Waals surface area contributed by atoms with E-state index in [4.69, 9.17) is 25.8 Å². The maximum atomic E-state index is 12.2. The average molecular weight is 458 g/mol. The molecule has 2 heterocycles. The van der Waals surface area contributed by atoms with E-state index in [1.807, 2.05) is 0 Å². The Morgan fingerprint density at radius 3 is 2.46 bits per heavy atom. The molecule has 2 unspecified atom stereocenters. The summed E-state index contributed by atoms with van der Waals surface area (Å²) in [6.07, 6.45) is -3.23. The molecule has 11 nitrogen and oxygen atoms in total. The molecule has 0 amide bonds. The van der Waals surface area contributed by atoms with Gasteiger partial charge < -0.3 is 28.7 Å². The monoisotopic (exact) mass is 458 g/mol. The van der Waals surface area contributed by atoms with E-state index in [0.717, 1.165) is 10.6 Å². The Balaban J connectivity index is 2.41. The van der Waals surface area contributed by atoms with Gasteiger partial charge in [0.25, 0.3) is 5.56 Å². The highest BCUT2D eigenvalue weighted by Crippen LogP contribution is 2.52. The minimum Gasteiger partial charge on any atom is -0.374 e. The van der Waals surface area contributed by atoms with Gasteiger partial charge in [0.05, 0.1) is 12.3 Å². The summed E-state index contributed by atoms with van der Waals surface area (Å²) in [4.78, 5) is 54.4. The van der Waals surface area contributed by atoms with Gasteiger partial charge in [0.2, 0.25) is 0 Å². The van der Waals surface area contributed by atoms with Gasteiger partial charge in [0.15, 0.2) is 12.7 Å². The van der Waals surface area contributed by atoms with Crippen molar-refractivity contribution in [3.63, 3.8) is 0 Å². The number of hydrogen-bond acceptors (Lipinski definition) is 7. The van der Waals surface area contributed by atoms with E-state index in [1.54, 1.807) is 13.8 Å². The third kappa shape index (κ3) is 5.69. The molecule has 2 rings (SSSR count). The maximum absolute atomic E-state index is 12.2. The van der Waals surface area contributed by atoms with Gasteiger partial charge in [-0.1, -0.05) is 13.8 Å². The first kappa shape index (κ1) is 23.6. The molecule has 0 aliphatic carbocycles. The van der Waals surface area contributed by atoms with Crippen LogP contribution in [0.1, 0.15) is 26.5 Å². The van der Waals surface area contributed by atoms with Crippen LogP contribution in [0.15, 0.2) is 21.9 Å². The molecular weight excluding hydrogens is 434 g/mol. The minimum atomic E-state index is -4.32. The first-order valence-electron chi connectivity index (χ1n) is 8.41. The van der Waals surface area contributed by atoms with E-state index in [-0.39, 0.29) is 12.1 Å². The van der Waals surface area contributed by atoms with Crippen LogP contribution in [-0.4, -0.2) is 61.5 Å². The smallest absolute Gasteiger partial charge is 0.330 e. The lowest BCUT2D eigenvalue weighted by Gasteiger charge is -2.29. The van der Waals surface area contributed by atoms with Crippen LogP contribution in [0.3, 0.4) is 0 Å². The largest absolute Gasteiger partial charge is 0.374 e. The second kappa shape index (κ2) is 8.99. The number of ether oxygens (including phenoxy) is 2. The highest BCUT2D eigenvalue weighted by atomic mass is 32.5. The lowest BCUT2D eigenvalue weighted by Crippen LogP contribution is -2.39. The van der Waals surface area contributed by atoms with Gasteiger partial charge in [-0.15, -0.1) is 0 Å². The zero-order chi connectivity index (χ0) is 21.3. The number of aromatic amines is 1. The Labute approximate surface area is 166 Å². The van der Waals surface area contributed by atoms with Crippen molar-refractivity contribution in [3.8, 4) is 0 Å². The van der Waals surface area contributed by atoms with E-state index >= 15 is 0 Å². The van der Waals surface area contributed by atoms with Gasteiger partial charge in [0.1, 0.15) is 12.2 Å². The normalized spacial score (nSPS) is 27.8. The number of H-pyrrole nitrogens is 1. The molecule has 1 aliphatic heterocycles. The molecule has 0 bridgehead atoms. The standard InChI is InChI=1S/C14H24N2O9P2S/c1-8(2)27(22,28)25-11-9(5-7-26(19,20)21)24-13(12(11)23-3)16-6-4-10(17)15-14(16)18/h4,6,8-9,11-13H,5,7H2,1-3H3,(H,22,28)(H,15,17,18)(H2,19,20,21)/t9-,11+,12?,13-,27?/m1/s1. The van der Waals surface area contributed by atoms with Crippen LogP contribution in [0.4, 0.5) is 0 Å². The topological polar surface area (TPSA) is 160 Å². The third-order valence-electron chi connectivity index (χ3n) is 4.31. The highest BCUT2D eigenvalue weighted by molar-refractivity contribution is 8.09. The highest BCUT2D eigenvalue weighted by Gasteiger charge is 2.49. The van der Waals surface area contributed by atoms with Gasteiger partial charge in [0, 0.05) is 25.0 Å². The molecule has 14 heteroatoms. The lowest BCUT2D eigenvalue weighted by molar-refractivity contribution is -0.0538. The molecule has 4 N–H and O–H groups in total. The van der Waals surface area contributed by atoms with Crippen molar-refractivity contribution < 1.29 is 33.2 Å². The Hall–Kier alpha value is -0.680. The molecule has 1 aromatic heterocycles. The third-order valence-corrected chi connectivity index (χ3v) is 8.53. The predicted molar refractivity (Wildman–Crippen MR) is 104 cm³/mol. The lowest BCUT2D eigenvalue weighted by atomic mass is 10.1. The molecule has 160 valence electrons. The molecule has 1 fully saturated rings. The van der Waals surface area contributed by atoms with E-state index in [9.17, 15) is 28.8 Å². The fourth-order valence-corrected chi connectivity index (χ4v) is 4.50. The van der Waals surface area contributed by atoms with Gasteiger partial charge in [-0.3, -0.25) is 18.9 Å². The molecule has 1 aliphatic rings. The average Bonchev–Trinajstić information content (AvgIpc) is 2.88. The van der Waals surface area contributed by atoms with Gasteiger partial charge in [-0.2, -0.15) is 0 Å². The van der Waals surface area contributed by atoms with Crippen LogP contribution in [0, 0.1) is 0 Å². The van der Waals surface area contributed by atoms with E-state index < -0.39 is 56.0 Å². The van der Waals surface area contributed by atoms with Crippen LogP contribution in [0.2, 0.25) is 0 Å². The first-order valence-corrected chi connectivity index (χ1v) is 12.9. The summed E-state index contributed by atoms with van der Waals surface area (Å²) in [5.74, 6) is 0. The van der Waals surface area contributed by atoms with Crippen LogP contribution in [0.25, 0.3) is 0 Å². The zero-order valence-electron chi connectivity index (χ0n) is 15.5. The molecule has 1 aromatic rings. The van der Waals surface area contributed by atoms with Crippen molar-refractivity contribution in [2.75, 3.05) is 13.3 Å². The molecule has 28 heavy (non-hydrogen) atoms. The number of methoxy groups -OCH3 is 1. The van der Waals surface area contributed by atoms with Crippen LogP contribution >= 0.6 is 14.1 Å². The number of nitrogens with zero attached hydrogens (tertiary/aromatic N) is 1. The molecule has 1 saturated heterocycles. The fourth-order valence-electron chi connectivity index (χ4n) is 2.76. The summed E-state index contributed by atoms with van der Waals surface area (Å²) in [5, 5.41) is 0. The predicted octanol–water partition coefficient (Wildman–Crippen LogP) is 0.112. The summed E-state index contributed by atoms with van der Waals surface area (Å²) in [6, 6.07) is 1.13. The molecule has 0 aromatic carbocycles. The number of nitrogens with one attached hydrogen (secondary N) is 1. The van der Waals surface area contributed by atoms with Crippen molar-refractivity contribution in [2.24, 2.45) is 0 Å². The number of hydrogen-bond donors (Lipinski definition) is 4. The van der Waals surface area contributed by atoms with Crippen LogP contribution < -0.4 is 11.2 Å². The second-order valence-corrected chi connectivity index (χ2v) is 12.4. The quantitative estimate of drug-likeness (QED) is 0.394. The number of rotatable bonds is 8. The Morgan fingerprint density at radius 2 is 1.96 bits per heavy atom. The maximum Gasteiger partial charge on any atom is 0.330 e. The minimum absolute atomic E-state index is 0.114. The van der Waals surface area contributed by atoms with Crippen LogP contribution in [-0.2, 0) is 30.4 Å². The summed E-state index contributed by atoms with van der Waals surface area (Å²) in [6.45, 7) is 0.105. The fraction of sp³-hybridized carbons (Fsp3) is 0.714. The Kier molecular flexibility index (Phi) is 7.58. The molecule has 0 spiro atoms.